The molecule has 0 fully saturated rings. The molecule has 0 aromatic heterocycles. The molecule has 5 nitrogen and oxygen atoms in total. The molecule has 3 N–H and O–H groups in total. The van der Waals surface area contributed by atoms with Gasteiger partial charge < -0.3 is 14.9 Å². The molecule has 0 aromatic rings. The molecule has 0 aromatic carbocycles. The first-order valence-electron chi connectivity index (χ1n) is 1.94. The highest BCUT2D eigenvalue weighted by Gasteiger charge is 2.18. The second-order valence-corrected chi connectivity index (χ2v) is 2.87. The summed E-state index contributed by atoms with van der Waals surface area (Å²) in [6.07, 6.45) is 0. The van der Waals surface area contributed by atoms with Crippen molar-refractivity contribution < 1.29 is 24.0 Å². The number of alkyl halides is 1. The van der Waals surface area contributed by atoms with Gasteiger partial charge in [0.05, 0.1) is 6.61 Å². The summed E-state index contributed by atoms with van der Waals surface area (Å²) in [4.78, 5) is 16.0. The van der Waals surface area contributed by atoms with Crippen molar-refractivity contribution in [3.05, 3.63) is 0 Å². The first kappa shape index (κ1) is 9.36. The molecule has 9 heavy (non-hydrogen) atoms. The molecule has 1 atom stereocenters. The number of aliphatic hydroxyl groups excluding tert-OH is 1. The lowest BCUT2D eigenvalue weighted by atomic mass is 10.8. The Morgan fingerprint density at radius 2 is 2.11 bits per heavy atom. The van der Waals surface area contributed by atoms with E-state index in [0.29, 0.717) is 0 Å². The van der Waals surface area contributed by atoms with Gasteiger partial charge in [0.1, 0.15) is 0 Å². The lowest BCUT2D eigenvalue weighted by molar-refractivity contribution is 0.128. The van der Waals surface area contributed by atoms with Gasteiger partial charge in [-0.2, -0.15) is 0 Å². The second kappa shape index (κ2) is 3.51. The van der Waals surface area contributed by atoms with E-state index < -0.39 is 20.0 Å². The summed E-state index contributed by atoms with van der Waals surface area (Å²) in [7, 11) is -4.53. The molecule has 0 heterocycles. The zero-order valence-corrected chi connectivity index (χ0v) is 5.92. The monoisotopic (exact) mass is 176 g/mol. The van der Waals surface area contributed by atoms with Crippen molar-refractivity contribution in [2.45, 2.75) is 5.56 Å². The molecular formula is C2H6ClO5P. The Morgan fingerprint density at radius 1 is 1.67 bits per heavy atom. The molecule has 0 amide bonds. The van der Waals surface area contributed by atoms with E-state index in [1.165, 1.54) is 0 Å². The van der Waals surface area contributed by atoms with Gasteiger partial charge in [0, 0.05) is 0 Å². The summed E-state index contributed by atoms with van der Waals surface area (Å²) in [5.74, 6) is 0. The molecule has 0 radical (unpaired) electrons. The number of rotatable bonds is 3. The molecule has 0 aliphatic rings. The number of phosphoric acid groups is 1. The first-order chi connectivity index (χ1) is 3.95. The molecule has 0 saturated heterocycles. The number of hydrogen-bond acceptors (Lipinski definition) is 3. The van der Waals surface area contributed by atoms with Crippen LogP contribution in [-0.2, 0) is 9.09 Å². The van der Waals surface area contributed by atoms with E-state index in [-0.39, 0.29) is 0 Å². The smallest absolute Gasteiger partial charge is 0.392 e. The Bertz CT molecular complexity index is 120. The zero-order chi connectivity index (χ0) is 7.49. The zero-order valence-electron chi connectivity index (χ0n) is 4.27. The van der Waals surface area contributed by atoms with Gasteiger partial charge in [-0.25, -0.2) is 4.57 Å². The second-order valence-electron chi connectivity index (χ2n) is 1.19. The maximum Gasteiger partial charge on any atom is 0.471 e. The van der Waals surface area contributed by atoms with Crippen LogP contribution in [0.4, 0.5) is 0 Å². The van der Waals surface area contributed by atoms with Gasteiger partial charge >= 0.3 is 7.82 Å². The summed E-state index contributed by atoms with van der Waals surface area (Å²) in [6, 6.07) is 0. The van der Waals surface area contributed by atoms with Crippen LogP contribution in [0.5, 0.6) is 0 Å². The third-order valence-electron chi connectivity index (χ3n) is 0.395. The average Bonchev–Trinajstić information content (AvgIpc) is 1.62. The van der Waals surface area contributed by atoms with Gasteiger partial charge in [0.2, 0.25) is 0 Å². The summed E-state index contributed by atoms with van der Waals surface area (Å²) in [5, 5.41) is 8.10. The molecule has 0 bridgehead atoms. The largest absolute Gasteiger partial charge is 0.471 e. The van der Waals surface area contributed by atoms with E-state index in [1.807, 2.05) is 0 Å². The van der Waals surface area contributed by atoms with E-state index in [1.54, 1.807) is 0 Å². The van der Waals surface area contributed by atoms with Crippen LogP contribution < -0.4 is 0 Å². The number of hydrogen-bond donors (Lipinski definition) is 3. The Balaban J connectivity index is 3.60. The van der Waals surface area contributed by atoms with Gasteiger partial charge in [0.25, 0.3) is 0 Å². The Labute approximate surface area is 56.5 Å². The van der Waals surface area contributed by atoms with Crippen LogP contribution in [0.25, 0.3) is 0 Å². The third-order valence-corrected chi connectivity index (χ3v) is 1.28. The van der Waals surface area contributed by atoms with Crippen molar-refractivity contribution in [2.75, 3.05) is 6.61 Å². The van der Waals surface area contributed by atoms with Crippen LogP contribution in [0.1, 0.15) is 0 Å². The Hall–Kier alpha value is 0.360. The van der Waals surface area contributed by atoms with Crippen LogP contribution in [0.3, 0.4) is 0 Å². The molecule has 0 aliphatic heterocycles. The Kier molecular flexibility index (Phi) is 3.65. The highest BCUT2D eigenvalue weighted by Crippen LogP contribution is 2.38. The van der Waals surface area contributed by atoms with Crippen LogP contribution in [0.2, 0.25) is 0 Å². The third kappa shape index (κ3) is 6.24. The normalized spacial score (nSPS) is 15.6. The topological polar surface area (TPSA) is 87.0 Å². The standard InChI is InChI=1S/C2H6ClO5P/c3-2(1-4)8-9(5,6)7/h2,4H,1H2,(H2,5,6,7). The molecule has 0 rings (SSSR count). The van der Waals surface area contributed by atoms with Crippen molar-refractivity contribution in [3.63, 3.8) is 0 Å². The fourth-order valence-electron chi connectivity index (χ4n) is 0.182. The lowest BCUT2D eigenvalue weighted by Crippen LogP contribution is -2.07. The molecule has 0 aliphatic carbocycles. The summed E-state index contributed by atoms with van der Waals surface area (Å²) >= 11 is 4.99. The highest BCUT2D eigenvalue weighted by molar-refractivity contribution is 7.46. The maximum absolute atomic E-state index is 9.88. The summed E-state index contributed by atoms with van der Waals surface area (Å²) in [5.41, 5.74) is -1.34. The minimum absolute atomic E-state index is 0.632. The van der Waals surface area contributed by atoms with Gasteiger partial charge in [-0.1, -0.05) is 11.6 Å². The van der Waals surface area contributed by atoms with Crippen LogP contribution in [-0.4, -0.2) is 27.1 Å². The minimum Gasteiger partial charge on any atom is -0.392 e. The van der Waals surface area contributed by atoms with E-state index in [4.69, 9.17) is 26.5 Å². The quantitative estimate of drug-likeness (QED) is 0.404. The number of aliphatic hydroxyl groups is 1. The van der Waals surface area contributed by atoms with E-state index >= 15 is 0 Å². The predicted molar refractivity (Wildman–Crippen MR) is 29.9 cm³/mol. The number of phosphoric ester groups is 1. The molecule has 0 saturated carbocycles. The van der Waals surface area contributed by atoms with Crippen molar-refractivity contribution >= 4 is 19.4 Å². The molecular weight excluding hydrogens is 170 g/mol. The summed E-state index contributed by atoms with van der Waals surface area (Å²) < 4.78 is 13.6. The maximum atomic E-state index is 9.88. The predicted octanol–water partition coefficient (Wildman–Crippen LogP) is -0.347. The van der Waals surface area contributed by atoms with Gasteiger partial charge in [-0.15, -0.1) is 0 Å². The van der Waals surface area contributed by atoms with Gasteiger partial charge in [-0.05, 0) is 0 Å². The fourth-order valence-corrected chi connectivity index (χ4v) is 0.858. The average molecular weight is 176 g/mol. The van der Waals surface area contributed by atoms with Crippen molar-refractivity contribution in [1.29, 1.82) is 0 Å². The molecule has 7 heteroatoms. The molecule has 1 unspecified atom stereocenters. The van der Waals surface area contributed by atoms with Crippen LogP contribution >= 0.6 is 19.4 Å². The molecule has 0 spiro atoms. The van der Waals surface area contributed by atoms with Crippen LogP contribution in [0, 0.1) is 0 Å². The van der Waals surface area contributed by atoms with Crippen LogP contribution in [0.15, 0.2) is 0 Å². The van der Waals surface area contributed by atoms with Crippen molar-refractivity contribution in [2.24, 2.45) is 0 Å². The lowest BCUT2D eigenvalue weighted by Gasteiger charge is -2.07. The van der Waals surface area contributed by atoms with Crippen molar-refractivity contribution in [1.82, 2.24) is 0 Å². The van der Waals surface area contributed by atoms with E-state index in [9.17, 15) is 4.57 Å². The SMILES string of the molecule is O=P(O)(O)OC(Cl)CO. The molecule has 56 valence electrons. The van der Waals surface area contributed by atoms with Gasteiger partial charge in [-0.3, -0.25) is 4.52 Å². The van der Waals surface area contributed by atoms with Crippen molar-refractivity contribution in [3.8, 4) is 0 Å². The summed E-state index contributed by atoms with van der Waals surface area (Å²) in [6.45, 7) is -0.632. The van der Waals surface area contributed by atoms with E-state index in [2.05, 4.69) is 4.52 Å². The van der Waals surface area contributed by atoms with E-state index in [0.717, 1.165) is 0 Å². The fraction of sp³-hybridized carbons (Fsp3) is 1.00. The minimum atomic E-state index is -4.53. The Morgan fingerprint density at radius 3 is 2.22 bits per heavy atom. The van der Waals surface area contributed by atoms with Gasteiger partial charge in [0.15, 0.2) is 5.56 Å². The highest BCUT2D eigenvalue weighted by atomic mass is 35.5. The first-order valence-corrected chi connectivity index (χ1v) is 3.91. The number of halogens is 1.